The van der Waals surface area contributed by atoms with E-state index in [-0.39, 0.29) is 5.75 Å². The van der Waals surface area contributed by atoms with Crippen molar-refractivity contribution in [1.29, 1.82) is 0 Å². The summed E-state index contributed by atoms with van der Waals surface area (Å²) in [5.41, 5.74) is 3.36. The summed E-state index contributed by atoms with van der Waals surface area (Å²) < 4.78 is 28.6. The molecule has 3 nitrogen and oxygen atoms in total. The van der Waals surface area contributed by atoms with E-state index in [2.05, 4.69) is 10.2 Å². The molecular weight excluding hydrogens is 228 g/mol. The van der Waals surface area contributed by atoms with Crippen LogP contribution in [0.15, 0.2) is 24.3 Å². The van der Waals surface area contributed by atoms with E-state index < -0.39 is 6.61 Å². The molecule has 0 aliphatic heterocycles. The second-order valence-electron chi connectivity index (χ2n) is 4.01. The molecule has 0 bridgehead atoms. The van der Waals surface area contributed by atoms with Gasteiger partial charge in [0.05, 0.1) is 6.61 Å². The Morgan fingerprint density at radius 2 is 1.94 bits per heavy atom. The number of hydrogen-bond acceptors (Lipinski definition) is 3. The zero-order valence-electron chi connectivity index (χ0n) is 9.95. The molecule has 17 heavy (non-hydrogen) atoms. The van der Waals surface area contributed by atoms with Crippen LogP contribution in [-0.2, 0) is 11.4 Å². The van der Waals surface area contributed by atoms with Crippen molar-refractivity contribution in [3.05, 3.63) is 29.8 Å². The van der Waals surface area contributed by atoms with E-state index in [4.69, 9.17) is 4.84 Å². The lowest BCUT2D eigenvalue weighted by Gasteiger charge is -2.12. The van der Waals surface area contributed by atoms with E-state index in [0.29, 0.717) is 24.6 Å². The smallest absolute Gasteiger partial charge is 0.387 e. The molecule has 96 valence electrons. The Kier molecular flexibility index (Phi) is 5.86. The third-order valence-electron chi connectivity index (χ3n) is 1.97. The van der Waals surface area contributed by atoms with Crippen LogP contribution in [-0.4, -0.2) is 13.2 Å². The minimum Gasteiger partial charge on any atom is -0.434 e. The molecule has 0 aliphatic carbocycles. The molecule has 0 fully saturated rings. The molecule has 0 aliphatic rings. The molecule has 5 heteroatoms. The normalized spacial score (nSPS) is 11.2. The van der Waals surface area contributed by atoms with Crippen molar-refractivity contribution in [3.8, 4) is 5.75 Å². The number of para-hydroxylation sites is 1. The zero-order valence-corrected chi connectivity index (χ0v) is 9.95. The van der Waals surface area contributed by atoms with Crippen LogP contribution in [0.2, 0.25) is 0 Å². The fourth-order valence-electron chi connectivity index (χ4n) is 1.22. The zero-order chi connectivity index (χ0) is 12.7. The van der Waals surface area contributed by atoms with Gasteiger partial charge in [-0.15, -0.1) is 0 Å². The first-order chi connectivity index (χ1) is 8.09. The van der Waals surface area contributed by atoms with Gasteiger partial charge in [-0.1, -0.05) is 32.0 Å². The number of hydroxylamine groups is 1. The lowest BCUT2D eigenvalue weighted by molar-refractivity contribution is -0.0512. The number of ether oxygens (including phenoxy) is 1. The van der Waals surface area contributed by atoms with Gasteiger partial charge in [0.2, 0.25) is 0 Å². The summed E-state index contributed by atoms with van der Waals surface area (Å²) in [6, 6.07) is 6.63. The first-order valence-electron chi connectivity index (χ1n) is 5.47. The Bertz CT molecular complexity index is 332. The minimum atomic E-state index is -2.81. The highest BCUT2D eigenvalue weighted by atomic mass is 19.3. The lowest BCUT2D eigenvalue weighted by Crippen LogP contribution is -2.18. The van der Waals surface area contributed by atoms with Crippen LogP contribution in [0.25, 0.3) is 0 Å². The molecule has 0 unspecified atom stereocenters. The van der Waals surface area contributed by atoms with Gasteiger partial charge in [0.1, 0.15) is 5.75 Å². The van der Waals surface area contributed by atoms with E-state index in [0.717, 1.165) is 0 Å². The quantitative estimate of drug-likeness (QED) is 0.591. The third-order valence-corrected chi connectivity index (χ3v) is 1.97. The number of benzene rings is 1. The van der Waals surface area contributed by atoms with Crippen molar-refractivity contribution in [2.24, 2.45) is 5.92 Å². The summed E-state index contributed by atoms with van der Waals surface area (Å²) in [6.45, 7) is 2.13. The highest BCUT2D eigenvalue weighted by molar-refractivity contribution is 5.33. The highest BCUT2D eigenvalue weighted by Gasteiger charge is 2.08. The molecule has 0 atom stereocenters. The largest absolute Gasteiger partial charge is 0.434 e. The fraction of sp³-hybridized carbons (Fsp3) is 0.500. The average molecular weight is 245 g/mol. The van der Waals surface area contributed by atoms with Gasteiger partial charge >= 0.3 is 6.61 Å². The number of hydrogen-bond donors (Lipinski definition) is 1. The molecule has 0 amide bonds. The van der Waals surface area contributed by atoms with E-state index in [1.807, 2.05) is 13.8 Å². The van der Waals surface area contributed by atoms with E-state index in [1.54, 1.807) is 18.2 Å². The second-order valence-corrected chi connectivity index (χ2v) is 4.01. The summed E-state index contributed by atoms with van der Waals surface area (Å²) in [5.74, 6) is 0.582. The predicted octanol–water partition coefficient (Wildman–Crippen LogP) is 2.97. The number of alkyl halides is 2. The van der Waals surface area contributed by atoms with Gasteiger partial charge in [-0.2, -0.15) is 14.3 Å². The van der Waals surface area contributed by atoms with Crippen LogP contribution >= 0.6 is 0 Å². The van der Waals surface area contributed by atoms with Gasteiger partial charge in [0.25, 0.3) is 0 Å². The van der Waals surface area contributed by atoms with Crippen molar-refractivity contribution in [2.75, 3.05) is 6.61 Å². The third kappa shape index (κ3) is 5.60. The van der Waals surface area contributed by atoms with Crippen molar-refractivity contribution in [3.63, 3.8) is 0 Å². The fourth-order valence-corrected chi connectivity index (χ4v) is 1.22. The van der Waals surface area contributed by atoms with Crippen LogP contribution in [0.4, 0.5) is 8.78 Å². The van der Waals surface area contributed by atoms with Crippen molar-refractivity contribution < 1.29 is 18.4 Å². The monoisotopic (exact) mass is 245 g/mol. The summed E-state index contributed by atoms with van der Waals surface area (Å²) in [6.07, 6.45) is 0. The molecular formula is C12H17F2NO2. The second kappa shape index (κ2) is 7.19. The van der Waals surface area contributed by atoms with E-state index >= 15 is 0 Å². The van der Waals surface area contributed by atoms with Crippen LogP contribution in [0, 0.1) is 5.92 Å². The Labute approximate surface area is 99.7 Å². The number of halogens is 2. The summed E-state index contributed by atoms with van der Waals surface area (Å²) in [5, 5.41) is 0. The molecule has 1 N–H and O–H groups in total. The molecule has 0 aromatic heterocycles. The molecule has 0 heterocycles. The van der Waals surface area contributed by atoms with Gasteiger partial charge in [-0.3, -0.25) is 0 Å². The molecule has 0 saturated carbocycles. The van der Waals surface area contributed by atoms with Gasteiger partial charge < -0.3 is 9.57 Å². The molecule has 1 aromatic carbocycles. The van der Waals surface area contributed by atoms with E-state index in [9.17, 15) is 8.78 Å². The predicted molar refractivity (Wildman–Crippen MR) is 60.7 cm³/mol. The highest BCUT2D eigenvalue weighted by Crippen LogP contribution is 2.19. The maximum absolute atomic E-state index is 12.1. The molecule has 1 aromatic rings. The molecule has 0 saturated heterocycles. The average Bonchev–Trinajstić information content (AvgIpc) is 2.25. The first kappa shape index (κ1) is 13.9. The lowest BCUT2D eigenvalue weighted by atomic mass is 10.2. The van der Waals surface area contributed by atoms with Gasteiger partial charge in [-0.05, 0) is 12.0 Å². The van der Waals surface area contributed by atoms with Crippen molar-refractivity contribution >= 4 is 0 Å². The summed E-state index contributed by atoms with van der Waals surface area (Å²) in [7, 11) is 0. The van der Waals surface area contributed by atoms with Gasteiger partial charge in [0, 0.05) is 12.1 Å². The molecule has 1 rings (SSSR count). The summed E-state index contributed by atoms with van der Waals surface area (Å²) in [4.78, 5) is 5.17. The maximum Gasteiger partial charge on any atom is 0.387 e. The van der Waals surface area contributed by atoms with Crippen LogP contribution in [0.5, 0.6) is 5.75 Å². The van der Waals surface area contributed by atoms with Gasteiger partial charge in [-0.25, -0.2) is 0 Å². The van der Waals surface area contributed by atoms with Crippen LogP contribution in [0.1, 0.15) is 19.4 Å². The minimum absolute atomic E-state index is 0.170. The van der Waals surface area contributed by atoms with Crippen LogP contribution < -0.4 is 10.2 Å². The number of rotatable bonds is 7. The standard InChI is InChI=1S/C12H17F2NO2/c1-9(2)8-16-15-7-10-5-3-4-6-11(10)17-12(13)14/h3-6,9,12,15H,7-8H2,1-2H3. The summed E-state index contributed by atoms with van der Waals surface area (Å²) >= 11 is 0. The molecule has 0 radical (unpaired) electrons. The Morgan fingerprint density at radius 1 is 1.24 bits per heavy atom. The van der Waals surface area contributed by atoms with Crippen LogP contribution in [0.3, 0.4) is 0 Å². The number of nitrogens with one attached hydrogen (secondary N) is 1. The van der Waals surface area contributed by atoms with Gasteiger partial charge in [0.15, 0.2) is 0 Å². The first-order valence-corrected chi connectivity index (χ1v) is 5.47. The van der Waals surface area contributed by atoms with Crippen molar-refractivity contribution in [1.82, 2.24) is 5.48 Å². The van der Waals surface area contributed by atoms with E-state index in [1.165, 1.54) is 6.07 Å². The maximum atomic E-state index is 12.1. The van der Waals surface area contributed by atoms with Crippen molar-refractivity contribution in [2.45, 2.75) is 27.0 Å². The topological polar surface area (TPSA) is 30.5 Å². The SMILES string of the molecule is CC(C)CONCc1ccccc1OC(F)F. The Balaban J connectivity index is 2.46. The Morgan fingerprint density at radius 3 is 2.59 bits per heavy atom. The molecule has 0 spiro atoms. The Hall–Kier alpha value is -1.20.